The van der Waals surface area contributed by atoms with Gasteiger partial charge in [0.25, 0.3) is 5.91 Å². The number of carbonyl (C=O) groups is 1. The number of nitrogens with one attached hydrogen (secondary N) is 2. The number of aromatic amines is 1. The van der Waals surface area contributed by atoms with Gasteiger partial charge in [0.1, 0.15) is 5.82 Å². The number of halogens is 4. The standard InChI is InChI=1S/C17H17F4N3O/c18-12-6-4-10(5-7-12)15-14(9-22-24-15)16(25)23-13-3-1-2-11(8-13)17(19,20)21/h4-7,9,11,13H,1-3,8H2,(H,22,24)(H,23,25). The van der Waals surface area contributed by atoms with Crippen LogP contribution >= 0.6 is 0 Å². The van der Waals surface area contributed by atoms with Crippen LogP contribution in [-0.2, 0) is 0 Å². The van der Waals surface area contributed by atoms with Gasteiger partial charge in [-0.2, -0.15) is 18.3 Å². The lowest BCUT2D eigenvalue weighted by Gasteiger charge is -2.31. The van der Waals surface area contributed by atoms with Crippen LogP contribution in [0, 0.1) is 11.7 Å². The van der Waals surface area contributed by atoms with E-state index in [-0.39, 0.29) is 18.4 Å². The minimum atomic E-state index is -4.24. The number of nitrogens with zero attached hydrogens (tertiary/aromatic N) is 1. The number of amides is 1. The van der Waals surface area contributed by atoms with E-state index in [1.54, 1.807) is 0 Å². The maximum atomic E-state index is 13.0. The van der Waals surface area contributed by atoms with E-state index in [0.29, 0.717) is 24.1 Å². The molecule has 134 valence electrons. The summed E-state index contributed by atoms with van der Waals surface area (Å²) < 4.78 is 51.7. The highest BCUT2D eigenvalue weighted by Crippen LogP contribution is 2.37. The quantitative estimate of drug-likeness (QED) is 0.816. The van der Waals surface area contributed by atoms with Crippen molar-refractivity contribution < 1.29 is 22.4 Å². The normalized spacial score (nSPS) is 21.1. The van der Waals surface area contributed by atoms with Crippen LogP contribution in [0.1, 0.15) is 36.0 Å². The largest absolute Gasteiger partial charge is 0.391 e. The highest BCUT2D eigenvalue weighted by molar-refractivity contribution is 5.99. The first kappa shape index (κ1) is 17.4. The van der Waals surface area contributed by atoms with E-state index in [1.807, 2.05) is 0 Å². The van der Waals surface area contributed by atoms with Crippen molar-refractivity contribution in [1.29, 1.82) is 0 Å². The smallest absolute Gasteiger partial charge is 0.349 e. The summed E-state index contributed by atoms with van der Waals surface area (Å²) in [7, 11) is 0. The highest BCUT2D eigenvalue weighted by atomic mass is 19.4. The first-order valence-corrected chi connectivity index (χ1v) is 8.01. The van der Waals surface area contributed by atoms with Gasteiger partial charge in [-0.25, -0.2) is 4.39 Å². The molecule has 0 saturated heterocycles. The molecule has 0 spiro atoms. The van der Waals surface area contributed by atoms with Gasteiger partial charge in [-0.05, 0) is 43.5 Å². The molecule has 1 aromatic heterocycles. The molecule has 2 unspecified atom stereocenters. The summed E-state index contributed by atoms with van der Waals surface area (Å²) in [5, 5.41) is 9.18. The Morgan fingerprint density at radius 1 is 1.20 bits per heavy atom. The monoisotopic (exact) mass is 355 g/mol. The fraction of sp³-hybridized carbons (Fsp3) is 0.412. The van der Waals surface area contributed by atoms with Gasteiger partial charge in [-0.3, -0.25) is 9.89 Å². The lowest BCUT2D eigenvalue weighted by atomic mass is 9.85. The first-order chi connectivity index (χ1) is 11.8. The molecule has 2 N–H and O–H groups in total. The molecule has 0 radical (unpaired) electrons. The molecule has 2 atom stereocenters. The van der Waals surface area contributed by atoms with Gasteiger partial charge >= 0.3 is 6.18 Å². The summed E-state index contributed by atoms with van der Waals surface area (Å²) in [5.74, 6) is -2.27. The second kappa shape index (κ2) is 6.85. The van der Waals surface area contributed by atoms with E-state index in [4.69, 9.17) is 0 Å². The van der Waals surface area contributed by atoms with Crippen molar-refractivity contribution in [3.63, 3.8) is 0 Å². The van der Waals surface area contributed by atoms with E-state index in [9.17, 15) is 22.4 Å². The Balaban J connectivity index is 1.72. The van der Waals surface area contributed by atoms with E-state index in [1.165, 1.54) is 30.5 Å². The Labute approximate surface area is 141 Å². The van der Waals surface area contributed by atoms with Crippen molar-refractivity contribution >= 4 is 5.91 Å². The van der Waals surface area contributed by atoms with Crippen molar-refractivity contribution in [2.45, 2.75) is 37.9 Å². The van der Waals surface area contributed by atoms with Gasteiger partial charge in [0, 0.05) is 11.6 Å². The van der Waals surface area contributed by atoms with Gasteiger partial charge in [-0.15, -0.1) is 0 Å². The summed E-state index contributed by atoms with van der Waals surface area (Å²) in [5.41, 5.74) is 1.20. The van der Waals surface area contributed by atoms with Crippen LogP contribution in [0.3, 0.4) is 0 Å². The average molecular weight is 355 g/mol. The SMILES string of the molecule is O=C(NC1CCCC(C(F)(F)F)C1)c1cn[nH]c1-c1ccc(F)cc1. The van der Waals surface area contributed by atoms with Crippen LogP contribution in [0.15, 0.2) is 30.5 Å². The second-order valence-electron chi connectivity index (χ2n) is 6.24. The van der Waals surface area contributed by atoms with Crippen LogP contribution in [0.4, 0.5) is 17.6 Å². The predicted molar refractivity (Wildman–Crippen MR) is 83.2 cm³/mol. The summed E-state index contributed by atoms with van der Waals surface area (Å²) >= 11 is 0. The molecular weight excluding hydrogens is 338 g/mol. The van der Waals surface area contributed by atoms with Crippen molar-refractivity contribution in [3.8, 4) is 11.3 Å². The molecule has 0 aliphatic heterocycles. The zero-order valence-electron chi connectivity index (χ0n) is 13.2. The van der Waals surface area contributed by atoms with Gasteiger partial charge in [-0.1, -0.05) is 6.42 Å². The van der Waals surface area contributed by atoms with Crippen LogP contribution < -0.4 is 5.32 Å². The number of hydrogen-bond acceptors (Lipinski definition) is 2. The molecule has 4 nitrogen and oxygen atoms in total. The maximum Gasteiger partial charge on any atom is 0.391 e. The molecular formula is C17H17F4N3O. The van der Waals surface area contributed by atoms with Crippen LogP contribution in [-0.4, -0.2) is 28.3 Å². The molecule has 8 heteroatoms. The Kier molecular flexibility index (Phi) is 4.78. The number of H-pyrrole nitrogens is 1. The fourth-order valence-corrected chi connectivity index (χ4v) is 3.18. The van der Waals surface area contributed by atoms with Crippen molar-refractivity contribution in [3.05, 3.63) is 41.8 Å². The van der Waals surface area contributed by atoms with E-state index < -0.39 is 29.9 Å². The summed E-state index contributed by atoms with van der Waals surface area (Å²) in [6.45, 7) is 0. The van der Waals surface area contributed by atoms with E-state index in [2.05, 4.69) is 15.5 Å². The molecule has 1 heterocycles. The van der Waals surface area contributed by atoms with Crippen molar-refractivity contribution in [2.75, 3.05) is 0 Å². The van der Waals surface area contributed by atoms with Crippen LogP contribution in [0.5, 0.6) is 0 Å². The molecule has 1 amide bonds. The third kappa shape index (κ3) is 4.00. The lowest BCUT2D eigenvalue weighted by molar-refractivity contribution is -0.183. The summed E-state index contributed by atoms with van der Waals surface area (Å²) in [4.78, 5) is 12.5. The molecule has 3 rings (SSSR count). The number of rotatable bonds is 3. The second-order valence-corrected chi connectivity index (χ2v) is 6.24. The van der Waals surface area contributed by atoms with Gasteiger partial charge in [0.2, 0.25) is 0 Å². The van der Waals surface area contributed by atoms with E-state index in [0.717, 1.165) is 0 Å². The molecule has 25 heavy (non-hydrogen) atoms. The topological polar surface area (TPSA) is 57.8 Å². The summed E-state index contributed by atoms with van der Waals surface area (Å²) in [6.07, 6.45) is -1.99. The minimum Gasteiger partial charge on any atom is -0.349 e. The molecule has 1 fully saturated rings. The molecule has 0 bridgehead atoms. The number of benzene rings is 1. The van der Waals surface area contributed by atoms with Crippen LogP contribution in [0.2, 0.25) is 0 Å². The number of alkyl halides is 3. The highest BCUT2D eigenvalue weighted by Gasteiger charge is 2.42. The Morgan fingerprint density at radius 2 is 1.92 bits per heavy atom. The van der Waals surface area contributed by atoms with Crippen LogP contribution in [0.25, 0.3) is 11.3 Å². The minimum absolute atomic E-state index is 0.0996. The first-order valence-electron chi connectivity index (χ1n) is 8.01. The average Bonchev–Trinajstić information content (AvgIpc) is 3.05. The number of hydrogen-bond donors (Lipinski definition) is 2. The fourth-order valence-electron chi connectivity index (χ4n) is 3.18. The molecule has 1 aromatic carbocycles. The number of aromatic nitrogens is 2. The van der Waals surface area contributed by atoms with Crippen molar-refractivity contribution in [2.24, 2.45) is 5.92 Å². The number of carbonyl (C=O) groups excluding carboxylic acids is 1. The Morgan fingerprint density at radius 3 is 2.60 bits per heavy atom. The lowest BCUT2D eigenvalue weighted by Crippen LogP contribution is -2.41. The maximum absolute atomic E-state index is 13.0. The van der Waals surface area contributed by atoms with Gasteiger partial charge in [0.05, 0.1) is 23.4 Å². The van der Waals surface area contributed by atoms with Crippen molar-refractivity contribution in [1.82, 2.24) is 15.5 Å². The third-order valence-corrected chi connectivity index (χ3v) is 4.49. The molecule has 1 saturated carbocycles. The third-order valence-electron chi connectivity index (χ3n) is 4.49. The van der Waals surface area contributed by atoms with E-state index >= 15 is 0 Å². The zero-order valence-corrected chi connectivity index (χ0v) is 13.2. The van der Waals surface area contributed by atoms with Gasteiger partial charge < -0.3 is 5.32 Å². The zero-order chi connectivity index (χ0) is 18.0. The Hall–Kier alpha value is -2.38. The molecule has 1 aliphatic rings. The summed E-state index contributed by atoms with van der Waals surface area (Å²) in [6, 6.07) is 4.99. The van der Waals surface area contributed by atoms with Gasteiger partial charge in [0.15, 0.2) is 0 Å². The molecule has 1 aliphatic carbocycles. The predicted octanol–water partition coefficient (Wildman–Crippen LogP) is 4.07. The Bertz CT molecular complexity index is 739. The molecule has 2 aromatic rings.